The smallest absolute Gasteiger partial charge is 0.329 e. The molecule has 0 amide bonds. The summed E-state index contributed by atoms with van der Waals surface area (Å²) >= 11 is 0. The Morgan fingerprint density at radius 3 is 2.75 bits per heavy atom. The molecule has 1 saturated carbocycles. The van der Waals surface area contributed by atoms with E-state index in [0.29, 0.717) is 23.7 Å². The number of nitrogens with one attached hydrogen (secondary N) is 1. The number of anilines is 2. The predicted octanol–water partition coefficient (Wildman–Crippen LogP) is 2.44. The summed E-state index contributed by atoms with van der Waals surface area (Å²) in [6, 6.07) is 0.294. The first kappa shape index (κ1) is 14.5. The van der Waals surface area contributed by atoms with Gasteiger partial charge in [-0.2, -0.15) is 4.98 Å². The molecule has 1 fully saturated rings. The minimum absolute atomic E-state index is 0.0377. The molecule has 0 bridgehead atoms. The van der Waals surface area contributed by atoms with E-state index in [0.717, 1.165) is 19.3 Å². The Bertz CT molecular complexity index is 494. The molecule has 0 saturated heterocycles. The normalized spacial score (nSPS) is 22.4. The molecule has 2 unspecified atom stereocenters. The molecular formula is C13H21N5O2. The number of nitro groups is 1. The highest BCUT2D eigenvalue weighted by atomic mass is 16.6. The van der Waals surface area contributed by atoms with E-state index >= 15 is 0 Å². The Morgan fingerprint density at radius 2 is 2.15 bits per heavy atom. The van der Waals surface area contributed by atoms with Gasteiger partial charge < -0.3 is 10.2 Å². The largest absolute Gasteiger partial charge is 0.357 e. The molecule has 1 aromatic rings. The van der Waals surface area contributed by atoms with Crippen LogP contribution in [-0.4, -0.2) is 35.0 Å². The summed E-state index contributed by atoms with van der Waals surface area (Å²) in [5.74, 6) is 1.32. The lowest BCUT2D eigenvalue weighted by atomic mass is 9.85. The Hall–Kier alpha value is -1.92. The van der Waals surface area contributed by atoms with Crippen molar-refractivity contribution in [1.29, 1.82) is 0 Å². The van der Waals surface area contributed by atoms with Crippen molar-refractivity contribution in [1.82, 2.24) is 9.97 Å². The maximum atomic E-state index is 11.2. The number of nitrogens with zero attached hydrogens (tertiary/aromatic N) is 4. The third-order valence-corrected chi connectivity index (χ3v) is 4.07. The molecule has 1 aromatic heterocycles. The van der Waals surface area contributed by atoms with Crippen LogP contribution in [0.25, 0.3) is 0 Å². The van der Waals surface area contributed by atoms with Crippen LogP contribution >= 0.6 is 0 Å². The van der Waals surface area contributed by atoms with Crippen molar-refractivity contribution in [3.63, 3.8) is 0 Å². The molecule has 110 valence electrons. The van der Waals surface area contributed by atoms with Crippen LogP contribution in [0.2, 0.25) is 0 Å². The second-order valence-electron chi connectivity index (χ2n) is 5.35. The van der Waals surface area contributed by atoms with Gasteiger partial charge in [0.25, 0.3) is 0 Å². The Kier molecular flexibility index (Phi) is 4.36. The lowest BCUT2D eigenvalue weighted by Crippen LogP contribution is -2.39. The summed E-state index contributed by atoms with van der Waals surface area (Å²) in [5.41, 5.74) is -0.0377. The second-order valence-corrected chi connectivity index (χ2v) is 5.35. The van der Waals surface area contributed by atoms with E-state index < -0.39 is 4.92 Å². The van der Waals surface area contributed by atoms with Crippen LogP contribution in [0.1, 0.15) is 32.6 Å². The molecule has 1 aliphatic carbocycles. The summed E-state index contributed by atoms with van der Waals surface area (Å²) in [5, 5.41) is 14.0. The van der Waals surface area contributed by atoms with Crippen molar-refractivity contribution in [2.24, 2.45) is 5.92 Å². The van der Waals surface area contributed by atoms with Gasteiger partial charge in [0.2, 0.25) is 11.8 Å². The summed E-state index contributed by atoms with van der Waals surface area (Å²) < 4.78 is 0. The summed E-state index contributed by atoms with van der Waals surface area (Å²) in [6.45, 7) is 2.20. The van der Waals surface area contributed by atoms with Gasteiger partial charge in [-0.3, -0.25) is 10.1 Å². The number of hydrogen-bond donors (Lipinski definition) is 1. The minimum Gasteiger partial charge on any atom is -0.357 e. The van der Waals surface area contributed by atoms with E-state index in [2.05, 4.69) is 22.2 Å². The maximum absolute atomic E-state index is 11.2. The van der Waals surface area contributed by atoms with Crippen molar-refractivity contribution in [3.05, 3.63) is 16.3 Å². The standard InChI is InChI=1S/C13H21N5O2/c1-9-6-4-5-7-10(9)17(3)12-11(18(19)20)8-15-13(14-2)16-12/h8-10H,4-7H2,1-3H3,(H,14,15,16). The molecule has 1 aliphatic rings. The van der Waals surface area contributed by atoms with Gasteiger partial charge in [-0.15, -0.1) is 0 Å². The first-order chi connectivity index (χ1) is 9.54. The van der Waals surface area contributed by atoms with Crippen molar-refractivity contribution in [2.75, 3.05) is 24.3 Å². The van der Waals surface area contributed by atoms with E-state index in [1.807, 2.05) is 11.9 Å². The third kappa shape index (κ3) is 2.81. The van der Waals surface area contributed by atoms with Crippen LogP contribution < -0.4 is 10.2 Å². The van der Waals surface area contributed by atoms with Gasteiger partial charge >= 0.3 is 5.69 Å². The van der Waals surface area contributed by atoms with Crippen molar-refractivity contribution >= 4 is 17.5 Å². The number of rotatable bonds is 4. The third-order valence-electron chi connectivity index (χ3n) is 4.07. The zero-order valence-electron chi connectivity index (χ0n) is 12.2. The Labute approximate surface area is 118 Å². The molecule has 0 aromatic carbocycles. The molecule has 0 aliphatic heterocycles. The topological polar surface area (TPSA) is 84.2 Å². The van der Waals surface area contributed by atoms with E-state index in [1.54, 1.807) is 7.05 Å². The molecule has 2 atom stereocenters. The summed E-state index contributed by atoms with van der Waals surface area (Å²) in [4.78, 5) is 20.9. The van der Waals surface area contributed by atoms with E-state index in [9.17, 15) is 10.1 Å². The monoisotopic (exact) mass is 279 g/mol. The average molecular weight is 279 g/mol. The average Bonchev–Trinajstić information content (AvgIpc) is 2.46. The van der Waals surface area contributed by atoms with Crippen LogP contribution in [-0.2, 0) is 0 Å². The highest BCUT2D eigenvalue weighted by Gasteiger charge is 2.30. The lowest BCUT2D eigenvalue weighted by molar-refractivity contribution is -0.384. The van der Waals surface area contributed by atoms with Gasteiger partial charge in [0.05, 0.1) is 4.92 Å². The fourth-order valence-corrected chi connectivity index (χ4v) is 2.90. The summed E-state index contributed by atoms with van der Waals surface area (Å²) in [6.07, 6.45) is 5.88. The van der Waals surface area contributed by atoms with Crippen LogP contribution in [0, 0.1) is 16.0 Å². The highest BCUT2D eigenvalue weighted by molar-refractivity contribution is 5.59. The van der Waals surface area contributed by atoms with Gasteiger partial charge in [-0.05, 0) is 18.8 Å². The molecular weight excluding hydrogens is 258 g/mol. The molecule has 1 heterocycles. The van der Waals surface area contributed by atoms with E-state index in [4.69, 9.17) is 0 Å². The van der Waals surface area contributed by atoms with Gasteiger partial charge in [0, 0.05) is 20.1 Å². The molecule has 7 heteroatoms. The molecule has 0 spiro atoms. The summed E-state index contributed by atoms with van der Waals surface area (Å²) in [7, 11) is 3.59. The second kappa shape index (κ2) is 6.02. The zero-order valence-corrected chi connectivity index (χ0v) is 12.2. The van der Waals surface area contributed by atoms with Crippen LogP contribution in [0.15, 0.2) is 6.20 Å². The van der Waals surface area contributed by atoms with Crippen LogP contribution in [0.5, 0.6) is 0 Å². The van der Waals surface area contributed by atoms with Gasteiger partial charge in [-0.25, -0.2) is 4.98 Å². The van der Waals surface area contributed by atoms with Crippen molar-refractivity contribution < 1.29 is 4.92 Å². The first-order valence-corrected chi connectivity index (χ1v) is 6.96. The SMILES string of the molecule is CNc1ncc([N+](=O)[O-])c(N(C)C2CCCCC2C)n1. The van der Waals surface area contributed by atoms with E-state index in [1.165, 1.54) is 12.6 Å². The fraction of sp³-hybridized carbons (Fsp3) is 0.692. The van der Waals surface area contributed by atoms with Crippen LogP contribution in [0.4, 0.5) is 17.5 Å². The quantitative estimate of drug-likeness (QED) is 0.673. The van der Waals surface area contributed by atoms with Gasteiger partial charge in [0.15, 0.2) is 0 Å². The molecule has 20 heavy (non-hydrogen) atoms. The predicted molar refractivity (Wildman–Crippen MR) is 78.1 cm³/mol. The number of hydrogen-bond acceptors (Lipinski definition) is 6. The molecule has 1 N–H and O–H groups in total. The van der Waals surface area contributed by atoms with Crippen molar-refractivity contribution in [2.45, 2.75) is 38.6 Å². The maximum Gasteiger partial charge on any atom is 0.329 e. The minimum atomic E-state index is -0.418. The zero-order chi connectivity index (χ0) is 14.7. The number of aromatic nitrogens is 2. The van der Waals surface area contributed by atoms with Crippen molar-refractivity contribution in [3.8, 4) is 0 Å². The first-order valence-electron chi connectivity index (χ1n) is 6.96. The molecule has 7 nitrogen and oxygen atoms in total. The van der Waals surface area contributed by atoms with E-state index in [-0.39, 0.29) is 5.69 Å². The molecule has 2 rings (SSSR count). The van der Waals surface area contributed by atoms with Crippen LogP contribution in [0.3, 0.4) is 0 Å². The van der Waals surface area contributed by atoms with Gasteiger partial charge in [0.1, 0.15) is 6.20 Å². The molecule has 0 radical (unpaired) electrons. The van der Waals surface area contributed by atoms with Gasteiger partial charge in [-0.1, -0.05) is 19.8 Å². The Balaban J connectivity index is 2.35. The fourth-order valence-electron chi connectivity index (χ4n) is 2.90. The lowest BCUT2D eigenvalue weighted by Gasteiger charge is -2.36. The highest BCUT2D eigenvalue weighted by Crippen LogP contribution is 2.33. The Morgan fingerprint density at radius 1 is 1.45 bits per heavy atom.